The van der Waals surface area contributed by atoms with E-state index in [4.69, 9.17) is 16.3 Å². The molecule has 0 saturated heterocycles. The van der Waals surface area contributed by atoms with Crippen molar-refractivity contribution in [3.8, 4) is 0 Å². The third-order valence-electron chi connectivity index (χ3n) is 2.28. The second-order valence-electron chi connectivity index (χ2n) is 3.78. The number of unbranched alkanes of at least 4 members (excludes halogenated alkanes) is 5. The summed E-state index contributed by atoms with van der Waals surface area (Å²) in [5.41, 5.74) is 0. The van der Waals surface area contributed by atoms with Gasteiger partial charge >= 0.3 is 5.97 Å². The van der Waals surface area contributed by atoms with E-state index < -0.39 is 0 Å². The van der Waals surface area contributed by atoms with Gasteiger partial charge in [0, 0.05) is 12.3 Å². The molecule has 0 aliphatic rings. The molecule has 0 aromatic heterocycles. The number of esters is 1. The minimum Gasteiger partial charge on any atom is -0.466 e. The summed E-state index contributed by atoms with van der Waals surface area (Å²) in [7, 11) is 0. The number of carbonyl (C=O) groups excluding carboxylic acids is 1. The van der Waals surface area contributed by atoms with Crippen LogP contribution in [-0.2, 0) is 9.53 Å². The van der Waals surface area contributed by atoms with Crippen molar-refractivity contribution >= 4 is 17.6 Å². The summed E-state index contributed by atoms with van der Waals surface area (Å²) in [4.78, 5) is 11.2. The predicted molar refractivity (Wildman–Crippen MR) is 64.3 cm³/mol. The smallest absolute Gasteiger partial charge is 0.305 e. The third-order valence-corrected chi connectivity index (χ3v) is 2.54. The summed E-state index contributed by atoms with van der Waals surface area (Å²) >= 11 is 5.55. The Labute approximate surface area is 98.3 Å². The van der Waals surface area contributed by atoms with Crippen molar-refractivity contribution in [3.63, 3.8) is 0 Å². The van der Waals surface area contributed by atoms with Gasteiger partial charge in [-0.05, 0) is 19.3 Å². The van der Waals surface area contributed by atoms with Crippen molar-refractivity contribution in [3.05, 3.63) is 0 Å². The van der Waals surface area contributed by atoms with Crippen LogP contribution in [0, 0.1) is 0 Å². The molecule has 0 unspecified atom stereocenters. The molecule has 0 atom stereocenters. The van der Waals surface area contributed by atoms with E-state index in [1.54, 1.807) is 0 Å². The number of hydrogen-bond donors (Lipinski definition) is 0. The molecule has 90 valence electrons. The van der Waals surface area contributed by atoms with Crippen LogP contribution in [0.5, 0.6) is 0 Å². The second-order valence-corrected chi connectivity index (χ2v) is 4.16. The first kappa shape index (κ1) is 14.8. The molecule has 0 aromatic carbocycles. The van der Waals surface area contributed by atoms with Gasteiger partial charge in [0.25, 0.3) is 0 Å². The molecule has 0 bridgehead atoms. The molecular formula is C12H23ClO2. The van der Waals surface area contributed by atoms with E-state index in [1.807, 2.05) is 0 Å². The van der Waals surface area contributed by atoms with Crippen LogP contribution in [0.3, 0.4) is 0 Å². The molecule has 0 radical (unpaired) electrons. The topological polar surface area (TPSA) is 26.3 Å². The van der Waals surface area contributed by atoms with Crippen LogP contribution in [0.15, 0.2) is 0 Å². The Bertz CT molecular complexity index is 149. The normalized spacial score (nSPS) is 10.3. The Kier molecular flexibility index (Phi) is 11.6. The van der Waals surface area contributed by atoms with Crippen molar-refractivity contribution in [2.45, 2.75) is 58.3 Å². The largest absolute Gasteiger partial charge is 0.466 e. The lowest BCUT2D eigenvalue weighted by Gasteiger charge is -2.04. The molecule has 0 saturated carbocycles. The molecule has 0 aliphatic carbocycles. The van der Waals surface area contributed by atoms with Crippen LogP contribution >= 0.6 is 11.6 Å². The van der Waals surface area contributed by atoms with Gasteiger partial charge in [0.05, 0.1) is 6.61 Å². The van der Waals surface area contributed by atoms with Gasteiger partial charge in [-0.15, -0.1) is 11.6 Å². The number of alkyl halides is 1. The highest BCUT2D eigenvalue weighted by atomic mass is 35.5. The Morgan fingerprint density at radius 1 is 1.07 bits per heavy atom. The molecule has 0 aliphatic heterocycles. The van der Waals surface area contributed by atoms with E-state index >= 15 is 0 Å². The molecule has 0 N–H and O–H groups in total. The van der Waals surface area contributed by atoms with Gasteiger partial charge in [-0.3, -0.25) is 4.79 Å². The fourth-order valence-electron chi connectivity index (χ4n) is 1.33. The highest BCUT2D eigenvalue weighted by Gasteiger charge is 2.01. The lowest BCUT2D eigenvalue weighted by molar-refractivity contribution is -0.143. The Morgan fingerprint density at radius 2 is 1.80 bits per heavy atom. The first-order chi connectivity index (χ1) is 7.31. The van der Waals surface area contributed by atoms with Crippen LogP contribution in [0.25, 0.3) is 0 Å². The Morgan fingerprint density at radius 3 is 2.47 bits per heavy atom. The highest BCUT2D eigenvalue weighted by Crippen LogP contribution is 2.03. The standard InChI is InChI=1S/C12H23ClO2/c1-2-3-6-9-12(14)15-11-8-5-4-7-10-13/h2-11H2,1H3. The van der Waals surface area contributed by atoms with Gasteiger partial charge in [0.15, 0.2) is 0 Å². The molecule has 0 heterocycles. The quantitative estimate of drug-likeness (QED) is 0.326. The average Bonchev–Trinajstić information content (AvgIpc) is 2.23. The monoisotopic (exact) mass is 234 g/mol. The SMILES string of the molecule is CCCCCC(=O)OCCCCCCCl. The zero-order valence-corrected chi connectivity index (χ0v) is 10.5. The number of halogens is 1. The fraction of sp³-hybridized carbons (Fsp3) is 0.917. The fourth-order valence-corrected chi connectivity index (χ4v) is 1.52. The van der Waals surface area contributed by atoms with Crippen LogP contribution < -0.4 is 0 Å². The summed E-state index contributed by atoms with van der Waals surface area (Å²) < 4.78 is 5.10. The molecule has 0 rings (SSSR count). The second kappa shape index (κ2) is 11.8. The molecule has 2 nitrogen and oxygen atoms in total. The van der Waals surface area contributed by atoms with E-state index in [9.17, 15) is 4.79 Å². The van der Waals surface area contributed by atoms with Crippen molar-refractivity contribution in [2.75, 3.05) is 12.5 Å². The number of hydrogen-bond acceptors (Lipinski definition) is 2. The van der Waals surface area contributed by atoms with Crippen molar-refractivity contribution in [1.29, 1.82) is 0 Å². The van der Waals surface area contributed by atoms with Gasteiger partial charge in [-0.25, -0.2) is 0 Å². The van der Waals surface area contributed by atoms with Gasteiger partial charge < -0.3 is 4.74 Å². The summed E-state index contributed by atoms with van der Waals surface area (Å²) in [6.45, 7) is 2.70. The number of rotatable bonds is 10. The first-order valence-corrected chi connectivity index (χ1v) is 6.56. The van der Waals surface area contributed by atoms with Crippen molar-refractivity contribution in [2.24, 2.45) is 0 Å². The summed E-state index contributed by atoms with van der Waals surface area (Å²) in [6, 6.07) is 0. The van der Waals surface area contributed by atoms with Gasteiger partial charge in [-0.1, -0.05) is 32.6 Å². The number of carbonyl (C=O) groups is 1. The Balaban J connectivity index is 3.10. The average molecular weight is 235 g/mol. The summed E-state index contributed by atoms with van der Waals surface area (Å²) in [6.07, 6.45) is 8.07. The first-order valence-electron chi connectivity index (χ1n) is 6.02. The minimum atomic E-state index is -0.0409. The summed E-state index contributed by atoms with van der Waals surface area (Å²) in [5.74, 6) is 0.692. The van der Waals surface area contributed by atoms with E-state index in [2.05, 4.69) is 6.92 Å². The predicted octanol–water partition coefficient (Wildman–Crippen LogP) is 3.91. The van der Waals surface area contributed by atoms with Crippen molar-refractivity contribution < 1.29 is 9.53 Å². The zero-order valence-electron chi connectivity index (χ0n) is 9.77. The maximum atomic E-state index is 11.2. The lowest BCUT2D eigenvalue weighted by Crippen LogP contribution is -2.05. The van der Waals surface area contributed by atoms with E-state index in [-0.39, 0.29) is 5.97 Å². The van der Waals surface area contributed by atoms with Gasteiger partial charge in [0.2, 0.25) is 0 Å². The van der Waals surface area contributed by atoms with E-state index in [0.29, 0.717) is 13.0 Å². The van der Waals surface area contributed by atoms with Crippen LogP contribution in [0.1, 0.15) is 58.3 Å². The van der Waals surface area contributed by atoms with Gasteiger partial charge in [0.1, 0.15) is 0 Å². The molecule has 0 spiro atoms. The number of ether oxygens (including phenoxy) is 1. The Hall–Kier alpha value is -0.240. The third kappa shape index (κ3) is 11.7. The molecule has 0 aromatic rings. The molecule has 3 heteroatoms. The highest BCUT2D eigenvalue weighted by molar-refractivity contribution is 6.17. The van der Waals surface area contributed by atoms with Gasteiger partial charge in [-0.2, -0.15) is 0 Å². The van der Waals surface area contributed by atoms with Crippen molar-refractivity contribution in [1.82, 2.24) is 0 Å². The summed E-state index contributed by atoms with van der Waals surface area (Å²) in [5, 5.41) is 0. The maximum absolute atomic E-state index is 11.2. The maximum Gasteiger partial charge on any atom is 0.305 e. The van der Waals surface area contributed by atoms with Crippen LogP contribution in [0.2, 0.25) is 0 Å². The molecule has 0 amide bonds. The lowest BCUT2D eigenvalue weighted by atomic mass is 10.2. The van der Waals surface area contributed by atoms with E-state index in [1.165, 1.54) is 0 Å². The molecule has 15 heavy (non-hydrogen) atoms. The molecular weight excluding hydrogens is 212 g/mol. The zero-order chi connectivity index (χ0) is 11.4. The van der Waals surface area contributed by atoms with E-state index in [0.717, 1.165) is 50.8 Å². The minimum absolute atomic E-state index is 0.0409. The molecule has 0 fully saturated rings. The van der Waals surface area contributed by atoms with Crippen LogP contribution in [0.4, 0.5) is 0 Å². The van der Waals surface area contributed by atoms with Crippen LogP contribution in [-0.4, -0.2) is 18.5 Å².